The van der Waals surface area contributed by atoms with Gasteiger partial charge in [-0.2, -0.15) is 0 Å². The van der Waals surface area contributed by atoms with Crippen molar-refractivity contribution in [1.29, 1.82) is 0 Å². The van der Waals surface area contributed by atoms with Gasteiger partial charge in [-0.3, -0.25) is 4.79 Å². The lowest BCUT2D eigenvalue weighted by Crippen LogP contribution is -2.28. The van der Waals surface area contributed by atoms with Crippen molar-refractivity contribution in [2.45, 2.75) is 13.5 Å². The van der Waals surface area contributed by atoms with Crippen LogP contribution >= 0.6 is 0 Å². The molecule has 0 unspecified atom stereocenters. The molecule has 1 heterocycles. The number of nitrogens with two attached hydrogens (primary N) is 1. The van der Waals surface area contributed by atoms with Crippen molar-refractivity contribution in [3.05, 3.63) is 47.9 Å². The van der Waals surface area contributed by atoms with Crippen molar-refractivity contribution >= 4 is 17.6 Å². The van der Waals surface area contributed by atoms with E-state index in [0.29, 0.717) is 17.0 Å². The SMILES string of the molecule is CCOC(=O)c1ccc(N)c(OCC(=O)NCc2ccco2)c1. The molecule has 1 aromatic heterocycles. The van der Waals surface area contributed by atoms with Crippen LogP contribution in [-0.2, 0) is 16.1 Å². The maximum absolute atomic E-state index is 11.7. The van der Waals surface area contributed by atoms with Crippen LogP contribution in [0.2, 0.25) is 0 Å². The molecule has 0 spiro atoms. The lowest BCUT2D eigenvalue weighted by molar-refractivity contribution is -0.123. The first-order valence-corrected chi connectivity index (χ1v) is 7.08. The molecular weight excluding hydrogens is 300 g/mol. The number of carbonyl (C=O) groups excluding carboxylic acids is 2. The highest BCUT2D eigenvalue weighted by Crippen LogP contribution is 2.23. The second-order valence-electron chi connectivity index (χ2n) is 4.62. The maximum atomic E-state index is 11.7. The van der Waals surface area contributed by atoms with Crippen LogP contribution in [0.15, 0.2) is 41.0 Å². The fourth-order valence-electron chi connectivity index (χ4n) is 1.79. The number of esters is 1. The van der Waals surface area contributed by atoms with Crippen LogP contribution in [0.1, 0.15) is 23.0 Å². The summed E-state index contributed by atoms with van der Waals surface area (Å²) in [5, 5.41) is 2.64. The highest BCUT2D eigenvalue weighted by atomic mass is 16.5. The predicted molar refractivity (Wildman–Crippen MR) is 82.9 cm³/mol. The number of nitrogens with one attached hydrogen (secondary N) is 1. The van der Waals surface area contributed by atoms with Crippen molar-refractivity contribution in [2.75, 3.05) is 18.9 Å². The molecular formula is C16H18N2O5. The van der Waals surface area contributed by atoms with Gasteiger partial charge in [0.2, 0.25) is 0 Å². The fourth-order valence-corrected chi connectivity index (χ4v) is 1.79. The molecule has 23 heavy (non-hydrogen) atoms. The molecule has 0 bridgehead atoms. The third-order valence-electron chi connectivity index (χ3n) is 2.92. The van der Waals surface area contributed by atoms with Crippen molar-refractivity contribution in [3.63, 3.8) is 0 Å². The molecule has 2 aromatic rings. The molecule has 0 aliphatic rings. The maximum Gasteiger partial charge on any atom is 0.338 e. The summed E-state index contributed by atoms with van der Waals surface area (Å²) in [7, 11) is 0. The van der Waals surface area contributed by atoms with E-state index in [9.17, 15) is 9.59 Å². The molecule has 0 radical (unpaired) electrons. The van der Waals surface area contributed by atoms with Crippen LogP contribution in [0.25, 0.3) is 0 Å². The van der Waals surface area contributed by atoms with Gasteiger partial charge in [0.05, 0.1) is 30.7 Å². The van der Waals surface area contributed by atoms with E-state index in [-0.39, 0.29) is 31.4 Å². The highest BCUT2D eigenvalue weighted by Gasteiger charge is 2.11. The minimum atomic E-state index is -0.473. The molecule has 122 valence electrons. The number of hydrogen-bond donors (Lipinski definition) is 2. The summed E-state index contributed by atoms with van der Waals surface area (Å²) in [4.78, 5) is 23.4. The largest absolute Gasteiger partial charge is 0.482 e. The molecule has 0 saturated carbocycles. The third kappa shape index (κ3) is 4.77. The highest BCUT2D eigenvalue weighted by molar-refractivity contribution is 5.90. The average molecular weight is 318 g/mol. The second-order valence-corrected chi connectivity index (χ2v) is 4.62. The van der Waals surface area contributed by atoms with Gasteiger partial charge in [0, 0.05) is 0 Å². The van der Waals surface area contributed by atoms with Crippen molar-refractivity contribution in [1.82, 2.24) is 5.32 Å². The van der Waals surface area contributed by atoms with Crippen LogP contribution < -0.4 is 15.8 Å². The van der Waals surface area contributed by atoms with Crippen LogP contribution in [0.4, 0.5) is 5.69 Å². The van der Waals surface area contributed by atoms with E-state index in [1.807, 2.05) is 0 Å². The number of benzene rings is 1. The molecule has 2 rings (SSSR count). The standard InChI is InChI=1S/C16H18N2O5/c1-2-21-16(20)11-5-6-13(17)14(8-11)23-10-15(19)18-9-12-4-3-7-22-12/h3-8H,2,9-10,17H2,1H3,(H,18,19). The van der Waals surface area contributed by atoms with Crippen LogP contribution in [0.3, 0.4) is 0 Å². The molecule has 1 amide bonds. The van der Waals surface area contributed by atoms with E-state index in [1.54, 1.807) is 19.1 Å². The quantitative estimate of drug-likeness (QED) is 0.595. The summed E-state index contributed by atoms with van der Waals surface area (Å²) < 4.78 is 15.4. The molecule has 7 heteroatoms. The molecule has 0 saturated heterocycles. The van der Waals surface area contributed by atoms with Gasteiger partial charge in [-0.25, -0.2) is 4.79 Å². The number of hydrogen-bond acceptors (Lipinski definition) is 6. The lowest BCUT2D eigenvalue weighted by Gasteiger charge is -2.10. The topological polar surface area (TPSA) is 104 Å². The van der Waals surface area contributed by atoms with Crippen LogP contribution in [0, 0.1) is 0 Å². The summed E-state index contributed by atoms with van der Waals surface area (Å²) in [6, 6.07) is 8.01. The van der Waals surface area contributed by atoms with Crippen molar-refractivity contribution < 1.29 is 23.5 Å². The van der Waals surface area contributed by atoms with Gasteiger partial charge in [0.25, 0.3) is 5.91 Å². The summed E-state index contributed by atoms with van der Waals surface area (Å²) in [6.45, 7) is 2.04. The Balaban J connectivity index is 1.90. The Morgan fingerprint density at radius 1 is 1.30 bits per heavy atom. The minimum absolute atomic E-state index is 0.225. The molecule has 1 aromatic carbocycles. The Morgan fingerprint density at radius 3 is 2.83 bits per heavy atom. The van der Waals surface area contributed by atoms with Gasteiger partial charge in [0.1, 0.15) is 11.5 Å². The number of amides is 1. The molecule has 0 atom stereocenters. The monoisotopic (exact) mass is 318 g/mol. The predicted octanol–water partition coefficient (Wildman–Crippen LogP) is 1.73. The molecule has 0 aliphatic carbocycles. The van der Waals surface area contributed by atoms with E-state index in [4.69, 9.17) is 19.6 Å². The molecule has 0 fully saturated rings. The van der Waals surface area contributed by atoms with Gasteiger partial charge in [-0.1, -0.05) is 0 Å². The van der Waals surface area contributed by atoms with Gasteiger partial charge in [-0.15, -0.1) is 0 Å². The van der Waals surface area contributed by atoms with Gasteiger partial charge >= 0.3 is 5.97 Å². The first kappa shape index (κ1) is 16.4. The number of ether oxygens (including phenoxy) is 2. The van der Waals surface area contributed by atoms with E-state index >= 15 is 0 Å². The first-order chi connectivity index (χ1) is 11.1. The average Bonchev–Trinajstić information content (AvgIpc) is 3.05. The number of carbonyl (C=O) groups is 2. The Kier molecular flexibility index (Phi) is 5.62. The Morgan fingerprint density at radius 2 is 2.13 bits per heavy atom. The van der Waals surface area contributed by atoms with Crippen LogP contribution in [-0.4, -0.2) is 25.1 Å². The van der Waals surface area contributed by atoms with Crippen molar-refractivity contribution in [3.8, 4) is 5.75 Å². The number of furan rings is 1. The minimum Gasteiger partial charge on any atom is -0.482 e. The number of nitrogen functional groups attached to an aromatic ring is 1. The van der Waals surface area contributed by atoms with E-state index in [1.165, 1.54) is 24.5 Å². The van der Waals surface area contributed by atoms with Crippen LogP contribution in [0.5, 0.6) is 5.75 Å². The molecule has 0 aliphatic heterocycles. The summed E-state index contributed by atoms with van der Waals surface area (Å²) >= 11 is 0. The second kappa shape index (κ2) is 7.88. The summed E-state index contributed by atoms with van der Waals surface area (Å²) in [5.74, 6) is 0.0906. The molecule has 3 N–H and O–H groups in total. The zero-order chi connectivity index (χ0) is 16.7. The van der Waals surface area contributed by atoms with E-state index in [2.05, 4.69) is 5.32 Å². The summed E-state index contributed by atoms with van der Waals surface area (Å²) in [6.07, 6.45) is 1.53. The van der Waals surface area contributed by atoms with Gasteiger partial charge in [-0.05, 0) is 37.3 Å². The smallest absolute Gasteiger partial charge is 0.338 e. The number of rotatable bonds is 7. The van der Waals surface area contributed by atoms with E-state index < -0.39 is 5.97 Å². The van der Waals surface area contributed by atoms with Gasteiger partial charge in [0.15, 0.2) is 6.61 Å². The Labute approximate surface area is 133 Å². The fraction of sp³-hybridized carbons (Fsp3) is 0.250. The normalized spacial score (nSPS) is 10.1. The van der Waals surface area contributed by atoms with Gasteiger partial charge < -0.3 is 24.9 Å². The first-order valence-electron chi connectivity index (χ1n) is 7.08. The lowest BCUT2D eigenvalue weighted by atomic mass is 10.2. The summed E-state index contributed by atoms with van der Waals surface area (Å²) in [5.41, 5.74) is 6.42. The zero-order valence-corrected chi connectivity index (χ0v) is 12.7. The number of anilines is 1. The zero-order valence-electron chi connectivity index (χ0n) is 12.7. The Hall–Kier alpha value is -2.96. The van der Waals surface area contributed by atoms with Crippen molar-refractivity contribution in [2.24, 2.45) is 0 Å². The van der Waals surface area contributed by atoms with E-state index in [0.717, 1.165) is 0 Å². The third-order valence-corrected chi connectivity index (χ3v) is 2.92. The Bertz CT molecular complexity index is 667. The molecule has 7 nitrogen and oxygen atoms in total.